The first-order valence-corrected chi connectivity index (χ1v) is 7.42. The van der Waals surface area contributed by atoms with Crippen LogP contribution < -0.4 is 0 Å². The van der Waals surface area contributed by atoms with Crippen LogP contribution in [0.2, 0.25) is 0 Å². The van der Waals surface area contributed by atoms with Crippen LogP contribution in [0.25, 0.3) is 0 Å². The van der Waals surface area contributed by atoms with Crippen molar-refractivity contribution < 1.29 is 4.74 Å². The molecule has 1 aromatic carbocycles. The minimum absolute atomic E-state index is 0.140. The first-order valence-electron chi connectivity index (χ1n) is 7.42. The minimum Gasteiger partial charge on any atom is -0.370 e. The summed E-state index contributed by atoms with van der Waals surface area (Å²) in [7, 11) is 0. The fraction of sp³-hybridized carbons (Fsp3) is 0.647. The fourth-order valence-electron chi connectivity index (χ4n) is 4.04. The summed E-state index contributed by atoms with van der Waals surface area (Å²) in [5, 5.41) is 0. The summed E-state index contributed by atoms with van der Waals surface area (Å²) in [5.41, 5.74) is 3.06. The van der Waals surface area contributed by atoms with Crippen LogP contribution in [0.1, 0.15) is 50.7 Å². The molecule has 18 heavy (non-hydrogen) atoms. The van der Waals surface area contributed by atoms with Crippen LogP contribution in [0.4, 0.5) is 0 Å². The van der Waals surface area contributed by atoms with Gasteiger partial charge in [0.25, 0.3) is 0 Å². The molecule has 3 rings (SSSR count). The highest BCUT2D eigenvalue weighted by molar-refractivity contribution is 5.30. The topological polar surface area (TPSA) is 9.23 Å². The molecule has 0 radical (unpaired) electrons. The van der Waals surface area contributed by atoms with E-state index in [0.29, 0.717) is 0 Å². The van der Waals surface area contributed by atoms with Gasteiger partial charge >= 0.3 is 0 Å². The summed E-state index contributed by atoms with van der Waals surface area (Å²) in [6.07, 6.45) is 6.46. The molecule has 2 atom stereocenters. The third-order valence-corrected chi connectivity index (χ3v) is 4.97. The SMILES string of the molecule is CC(C)[C@@H]1CCCCC12Cc1ccccc1CO2. The molecule has 0 aromatic heterocycles. The van der Waals surface area contributed by atoms with Crippen LogP contribution in [0.5, 0.6) is 0 Å². The number of fused-ring (bicyclic) bond motifs is 1. The first-order chi connectivity index (χ1) is 8.71. The molecule has 1 saturated carbocycles. The Hall–Kier alpha value is -0.820. The Kier molecular flexibility index (Phi) is 3.19. The maximum Gasteiger partial charge on any atom is 0.0757 e. The smallest absolute Gasteiger partial charge is 0.0757 e. The Morgan fingerprint density at radius 2 is 1.94 bits per heavy atom. The lowest BCUT2D eigenvalue weighted by atomic mass is 9.66. The number of benzene rings is 1. The fourth-order valence-corrected chi connectivity index (χ4v) is 4.04. The van der Waals surface area contributed by atoms with E-state index >= 15 is 0 Å². The molecule has 0 bridgehead atoms. The average Bonchev–Trinajstić information content (AvgIpc) is 2.39. The van der Waals surface area contributed by atoms with Crippen LogP contribution in [-0.4, -0.2) is 5.60 Å². The Labute approximate surface area is 111 Å². The molecule has 0 amide bonds. The molecule has 98 valence electrons. The zero-order valence-corrected chi connectivity index (χ0v) is 11.6. The third kappa shape index (κ3) is 1.99. The van der Waals surface area contributed by atoms with Crippen LogP contribution in [0, 0.1) is 11.8 Å². The molecular weight excluding hydrogens is 220 g/mol. The molecule has 1 unspecified atom stereocenters. The van der Waals surface area contributed by atoms with Crippen molar-refractivity contribution >= 4 is 0 Å². The highest BCUT2D eigenvalue weighted by Crippen LogP contribution is 2.46. The molecule has 0 N–H and O–H groups in total. The lowest BCUT2D eigenvalue weighted by molar-refractivity contribution is -0.138. The summed E-state index contributed by atoms with van der Waals surface area (Å²) < 4.78 is 6.41. The predicted molar refractivity (Wildman–Crippen MR) is 74.5 cm³/mol. The zero-order chi connectivity index (χ0) is 12.6. The van der Waals surface area contributed by atoms with Crippen molar-refractivity contribution in [2.45, 2.75) is 58.2 Å². The predicted octanol–water partition coefficient (Wildman–Crippen LogP) is 4.34. The maximum atomic E-state index is 6.41. The van der Waals surface area contributed by atoms with Crippen molar-refractivity contribution in [1.29, 1.82) is 0 Å². The Morgan fingerprint density at radius 1 is 1.17 bits per heavy atom. The molecule has 2 aliphatic rings. The third-order valence-electron chi connectivity index (χ3n) is 4.97. The largest absolute Gasteiger partial charge is 0.370 e. The van der Waals surface area contributed by atoms with Gasteiger partial charge in [-0.05, 0) is 35.8 Å². The van der Waals surface area contributed by atoms with Crippen molar-refractivity contribution in [3.63, 3.8) is 0 Å². The summed E-state index contributed by atoms with van der Waals surface area (Å²) in [6.45, 7) is 5.54. The van der Waals surface area contributed by atoms with Crippen molar-refractivity contribution in [3.8, 4) is 0 Å². The van der Waals surface area contributed by atoms with E-state index in [-0.39, 0.29) is 5.60 Å². The van der Waals surface area contributed by atoms with E-state index in [2.05, 4.69) is 38.1 Å². The van der Waals surface area contributed by atoms with E-state index in [1.165, 1.54) is 36.8 Å². The van der Waals surface area contributed by atoms with Gasteiger partial charge < -0.3 is 4.74 Å². The van der Waals surface area contributed by atoms with Gasteiger partial charge in [-0.15, -0.1) is 0 Å². The minimum atomic E-state index is 0.140. The summed E-state index contributed by atoms with van der Waals surface area (Å²) in [4.78, 5) is 0. The highest BCUT2D eigenvalue weighted by Gasteiger charge is 2.45. The van der Waals surface area contributed by atoms with Gasteiger partial charge in [-0.25, -0.2) is 0 Å². The van der Waals surface area contributed by atoms with Gasteiger partial charge in [0.15, 0.2) is 0 Å². The van der Waals surface area contributed by atoms with Crippen LogP contribution in [-0.2, 0) is 17.8 Å². The Bertz CT molecular complexity index is 423. The van der Waals surface area contributed by atoms with Crippen LogP contribution in [0.3, 0.4) is 0 Å². The summed E-state index contributed by atoms with van der Waals surface area (Å²) in [6, 6.07) is 8.81. The normalized spacial score (nSPS) is 31.6. The second kappa shape index (κ2) is 4.70. The van der Waals surface area contributed by atoms with Gasteiger partial charge in [-0.2, -0.15) is 0 Å². The van der Waals surface area contributed by atoms with E-state index < -0.39 is 0 Å². The van der Waals surface area contributed by atoms with E-state index in [0.717, 1.165) is 24.9 Å². The molecule has 1 spiro atoms. The van der Waals surface area contributed by atoms with Gasteiger partial charge in [-0.1, -0.05) is 51.0 Å². The molecule has 1 nitrogen and oxygen atoms in total. The van der Waals surface area contributed by atoms with E-state index in [4.69, 9.17) is 4.74 Å². The molecule has 1 fully saturated rings. The van der Waals surface area contributed by atoms with Gasteiger partial charge in [-0.3, -0.25) is 0 Å². The number of rotatable bonds is 1. The monoisotopic (exact) mass is 244 g/mol. The molecule has 1 heterocycles. The quantitative estimate of drug-likeness (QED) is 0.714. The van der Waals surface area contributed by atoms with Crippen molar-refractivity contribution in [3.05, 3.63) is 35.4 Å². The molecular formula is C17H24O. The lowest BCUT2D eigenvalue weighted by Gasteiger charge is -2.48. The first kappa shape index (κ1) is 12.2. The van der Waals surface area contributed by atoms with Crippen molar-refractivity contribution in [2.75, 3.05) is 0 Å². The van der Waals surface area contributed by atoms with Crippen molar-refractivity contribution in [2.24, 2.45) is 11.8 Å². The zero-order valence-electron chi connectivity index (χ0n) is 11.6. The van der Waals surface area contributed by atoms with Gasteiger partial charge in [0.1, 0.15) is 0 Å². The molecule has 0 saturated heterocycles. The van der Waals surface area contributed by atoms with Gasteiger partial charge in [0.05, 0.1) is 12.2 Å². The molecule has 1 heteroatoms. The molecule has 1 aromatic rings. The number of hydrogen-bond acceptors (Lipinski definition) is 1. The van der Waals surface area contributed by atoms with Gasteiger partial charge in [0, 0.05) is 6.42 Å². The van der Waals surface area contributed by atoms with E-state index in [9.17, 15) is 0 Å². The molecule has 1 aliphatic heterocycles. The lowest BCUT2D eigenvalue weighted by Crippen LogP contribution is -2.49. The van der Waals surface area contributed by atoms with Crippen LogP contribution in [0.15, 0.2) is 24.3 Å². The Morgan fingerprint density at radius 3 is 2.72 bits per heavy atom. The Balaban J connectivity index is 1.91. The summed E-state index contributed by atoms with van der Waals surface area (Å²) >= 11 is 0. The van der Waals surface area contributed by atoms with E-state index in [1.54, 1.807) is 0 Å². The second-order valence-corrected chi connectivity index (χ2v) is 6.40. The maximum absolute atomic E-state index is 6.41. The number of ether oxygens (including phenoxy) is 1. The standard InChI is InChI=1S/C17H24O/c1-13(2)16-9-5-6-10-17(16)11-14-7-3-4-8-15(14)12-18-17/h3-4,7-8,13,16H,5-6,9-12H2,1-2H3/t16-,17?/m0/s1. The highest BCUT2D eigenvalue weighted by atomic mass is 16.5. The average molecular weight is 244 g/mol. The van der Waals surface area contributed by atoms with Crippen LogP contribution >= 0.6 is 0 Å². The van der Waals surface area contributed by atoms with E-state index in [1.807, 2.05) is 0 Å². The molecule has 1 aliphatic carbocycles. The number of hydrogen-bond donors (Lipinski definition) is 0. The summed E-state index contributed by atoms with van der Waals surface area (Å²) in [5.74, 6) is 1.47. The second-order valence-electron chi connectivity index (χ2n) is 6.40. The van der Waals surface area contributed by atoms with Crippen molar-refractivity contribution in [1.82, 2.24) is 0 Å². The van der Waals surface area contributed by atoms with Gasteiger partial charge in [0.2, 0.25) is 0 Å².